The fourth-order valence-electron chi connectivity index (χ4n) is 3.53. The Bertz CT molecular complexity index is 600. The molecule has 0 unspecified atom stereocenters. The molecule has 2 aliphatic rings. The van der Waals surface area contributed by atoms with Gasteiger partial charge < -0.3 is 15.4 Å². The van der Waals surface area contributed by atoms with Crippen LogP contribution < -0.4 is 10.9 Å². The first-order chi connectivity index (χ1) is 10.1. The highest BCUT2D eigenvalue weighted by Crippen LogP contribution is 2.29. The molecule has 1 fully saturated rings. The van der Waals surface area contributed by atoms with Gasteiger partial charge in [-0.05, 0) is 50.2 Å². The smallest absolute Gasteiger partial charge is 0.261 e. The normalized spacial score (nSPS) is 20.0. The number of nitrogens with one attached hydrogen (secondary N) is 2. The molecule has 114 valence electrons. The number of hydrogen-bond donors (Lipinski definition) is 3. The van der Waals surface area contributed by atoms with E-state index in [-0.39, 0.29) is 23.6 Å². The van der Waals surface area contributed by atoms with Crippen molar-refractivity contribution in [3.63, 3.8) is 0 Å². The van der Waals surface area contributed by atoms with Crippen molar-refractivity contribution in [1.29, 1.82) is 0 Å². The van der Waals surface area contributed by atoms with Crippen LogP contribution in [0.3, 0.4) is 0 Å². The van der Waals surface area contributed by atoms with E-state index in [2.05, 4.69) is 10.3 Å². The summed E-state index contributed by atoms with van der Waals surface area (Å²) in [6.45, 7) is -0.0679. The van der Waals surface area contributed by atoms with Gasteiger partial charge in [0.05, 0.1) is 12.1 Å². The number of hydrogen-bond acceptors (Lipinski definition) is 3. The minimum Gasteiger partial charge on any atom is -0.394 e. The van der Waals surface area contributed by atoms with Crippen molar-refractivity contribution in [1.82, 2.24) is 10.3 Å². The molecule has 0 aliphatic heterocycles. The Morgan fingerprint density at radius 2 is 1.95 bits per heavy atom. The number of rotatable bonds is 3. The van der Waals surface area contributed by atoms with Gasteiger partial charge in [0, 0.05) is 5.69 Å². The predicted molar refractivity (Wildman–Crippen MR) is 79.5 cm³/mol. The summed E-state index contributed by atoms with van der Waals surface area (Å²) in [5.74, 6) is -0.361. The van der Waals surface area contributed by atoms with E-state index in [1.807, 2.05) is 0 Å². The van der Waals surface area contributed by atoms with Gasteiger partial charge in [-0.25, -0.2) is 0 Å². The van der Waals surface area contributed by atoms with E-state index < -0.39 is 5.54 Å². The van der Waals surface area contributed by atoms with Gasteiger partial charge >= 0.3 is 0 Å². The molecule has 5 heteroatoms. The lowest BCUT2D eigenvalue weighted by Crippen LogP contribution is -2.50. The number of amides is 1. The van der Waals surface area contributed by atoms with Crippen LogP contribution in [-0.4, -0.2) is 28.1 Å². The average Bonchev–Trinajstić information content (AvgIpc) is 2.95. The van der Waals surface area contributed by atoms with Gasteiger partial charge in [-0.2, -0.15) is 0 Å². The van der Waals surface area contributed by atoms with Crippen LogP contribution in [0, 0.1) is 0 Å². The molecule has 1 saturated carbocycles. The average molecular weight is 290 g/mol. The number of aliphatic hydroxyl groups is 1. The number of fused-ring (bicyclic) bond motifs is 1. The van der Waals surface area contributed by atoms with Crippen LogP contribution >= 0.6 is 0 Å². The summed E-state index contributed by atoms with van der Waals surface area (Å²) >= 11 is 0. The third-order valence-electron chi connectivity index (χ3n) is 4.82. The quantitative estimate of drug-likeness (QED) is 0.784. The van der Waals surface area contributed by atoms with Crippen LogP contribution in [0.2, 0.25) is 0 Å². The number of H-pyrrole nitrogens is 1. The van der Waals surface area contributed by atoms with Crippen LogP contribution in [0.25, 0.3) is 0 Å². The maximum atomic E-state index is 12.4. The predicted octanol–water partition coefficient (Wildman–Crippen LogP) is 1.29. The van der Waals surface area contributed by atoms with Gasteiger partial charge in [0.15, 0.2) is 0 Å². The van der Waals surface area contributed by atoms with Crippen molar-refractivity contribution >= 4 is 5.91 Å². The Hall–Kier alpha value is -1.62. The summed E-state index contributed by atoms with van der Waals surface area (Å²) in [4.78, 5) is 27.4. The molecule has 1 aromatic rings. The molecular weight excluding hydrogens is 268 g/mol. The molecule has 0 aromatic carbocycles. The first-order valence-corrected chi connectivity index (χ1v) is 7.82. The topological polar surface area (TPSA) is 82.2 Å². The zero-order chi connectivity index (χ0) is 14.9. The highest BCUT2D eigenvalue weighted by molar-refractivity contribution is 5.94. The number of aromatic nitrogens is 1. The molecule has 3 N–H and O–H groups in total. The Morgan fingerprint density at radius 1 is 1.24 bits per heavy atom. The number of aromatic amines is 1. The molecule has 21 heavy (non-hydrogen) atoms. The van der Waals surface area contributed by atoms with Gasteiger partial charge in [-0.1, -0.05) is 12.8 Å². The third kappa shape index (κ3) is 2.75. The molecule has 0 bridgehead atoms. The van der Waals surface area contributed by atoms with Crippen LogP contribution in [0.5, 0.6) is 0 Å². The number of carbonyl (C=O) groups is 1. The Balaban J connectivity index is 1.86. The Kier molecular flexibility index (Phi) is 3.85. The molecule has 0 atom stereocenters. The van der Waals surface area contributed by atoms with Crippen molar-refractivity contribution < 1.29 is 9.90 Å². The minimum absolute atomic E-state index is 0.0679. The standard InChI is InChI=1S/C16H22N2O3/c19-10-16(7-3-4-8-16)18-15(21)12-9-11-5-1-2-6-13(11)17-14(12)20/h9,19H,1-8,10H2,(H,17,20)(H,18,21). The number of pyridine rings is 1. The molecule has 2 aliphatic carbocycles. The second-order valence-electron chi connectivity index (χ2n) is 6.32. The van der Waals surface area contributed by atoms with Crippen LogP contribution in [0.15, 0.2) is 10.9 Å². The lowest BCUT2D eigenvalue weighted by molar-refractivity contribution is 0.0836. The van der Waals surface area contributed by atoms with E-state index in [4.69, 9.17) is 0 Å². The number of aryl methyl sites for hydroxylation is 2. The highest BCUT2D eigenvalue weighted by atomic mass is 16.3. The van der Waals surface area contributed by atoms with E-state index >= 15 is 0 Å². The van der Waals surface area contributed by atoms with E-state index in [1.54, 1.807) is 6.07 Å². The molecule has 0 spiro atoms. The van der Waals surface area contributed by atoms with Gasteiger partial charge in [0.25, 0.3) is 11.5 Å². The molecule has 3 rings (SSSR count). The largest absolute Gasteiger partial charge is 0.394 e. The summed E-state index contributed by atoms with van der Waals surface area (Å²) < 4.78 is 0. The van der Waals surface area contributed by atoms with Crippen molar-refractivity contribution in [2.75, 3.05) is 6.61 Å². The van der Waals surface area contributed by atoms with Crippen LogP contribution in [0.1, 0.15) is 60.1 Å². The number of aliphatic hydroxyl groups excluding tert-OH is 1. The molecule has 1 heterocycles. The van der Waals surface area contributed by atoms with Gasteiger partial charge in [0.1, 0.15) is 5.56 Å². The molecule has 0 radical (unpaired) electrons. The fraction of sp³-hybridized carbons (Fsp3) is 0.625. The monoisotopic (exact) mass is 290 g/mol. The van der Waals surface area contributed by atoms with E-state index in [0.717, 1.165) is 62.6 Å². The molecule has 1 amide bonds. The first kappa shape index (κ1) is 14.3. The molecule has 0 saturated heterocycles. The third-order valence-corrected chi connectivity index (χ3v) is 4.82. The highest BCUT2D eigenvalue weighted by Gasteiger charge is 2.35. The van der Waals surface area contributed by atoms with Crippen LogP contribution in [-0.2, 0) is 12.8 Å². The summed E-state index contributed by atoms with van der Waals surface area (Å²) in [6, 6.07) is 1.74. The van der Waals surface area contributed by atoms with Crippen molar-refractivity contribution in [2.45, 2.75) is 56.9 Å². The van der Waals surface area contributed by atoms with Gasteiger partial charge in [0.2, 0.25) is 0 Å². The minimum atomic E-state index is -0.542. The SMILES string of the molecule is O=C(NC1(CO)CCCC1)c1cc2c([nH]c1=O)CCCC2. The Labute approximate surface area is 123 Å². The lowest BCUT2D eigenvalue weighted by Gasteiger charge is -2.28. The van der Waals surface area contributed by atoms with Gasteiger partial charge in [-0.15, -0.1) is 0 Å². The van der Waals surface area contributed by atoms with Crippen molar-refractivity contribution in [2.24, 2.45) is 0 Å². The first-order valence-electron chi connectivity index (χ1n) is 7.82. The van der Waals surface area contributed by atoms with Crippen molar-refractivity contribution in [3.05, 3.63) is 33.2 Å². The second-order valence-corrected chi connectivity index (χ2v) is 6.32. The second kappa shape index (κ2) is 5.64. The Morgan fingerprint density at radius 3 is 2.67 bits per heavy atom. The summed E-state index contributed by atoms with van der Waals surface area (Å²) in [7, 11) is 0. The molecule has 5 nitrogen and oxygen atoms in total. The van der Waals surface area contributed by atoms with Crippen molar-refractivity contribution in [3.8, 4) is 0 Å². The van der Waals surface area contributed by atoms with E-state index in [0.29, 0.717) is 0 Å². The molecule has 1 aromatic heterocycles. The summed E-state index contributed by atoms with van der Waals surface area (Å²) in [6.07, 6.45) is 7.53. The lowest BCUT2D eigenvalue weighted by atomic mass is 9.94. The number of carbonyl (C=O) groups excluding carboxylic acids is 1. The van der Waals surface area contributed by atoms with E-state index in [9.17, 15) is 14.7 Å². The summed E-state index contributed by atoms with van der Waals surface area (Å²) in [5, 5.41) is 12.5. The fourth-order valence-corrected chi connectivity index (χ4v) is 3.53. The summed E-state index contributed by atoms with van der Waals surface area (Å²) in [5.41, 5.74) is 1.37. The van der Waals surface area contributed by atoms with Crippen LogP contribution in [0.4, 0.5) is 0 Å². The molecular formula is C16H22N2O3. The van der Waals surface area contributed by atoms with Gasteiger partial charge in [-0.3, -0.25) is 9.59 Å². The zero-order valence-electron chi connectivity index (χ0n) is 12.2. The van der Waals surface area contributed by atoms with E-state index in [1.165, 1.54) is 0 Å². The maximum absolute atomic E-state index is 12.4. The maximum Gasteiger partial charge on any atom is 0.261 e. The zero-order valence-corrected chi connectivity index (χ0v) is 12.2.